The molecule has 0 saturated carbocycles. The predicted octanol–water partition coefficient (Wildman–Crippen LogP) is 4.55. The lowest BCUT2D eigenvalue weighted by atomic mass is 10.0. The van der Waals surface area contributed by atoms with Gasteiger partial charge in [0, 0.05) is 19.5 Å². The van der Waals surface area contributed by atoms with Gasteiger partial charge in [-0.1, -0.05) is 79.2 Å². The number of aryl methyl sites for hydroxylation is 1. The van der Waals surface area contributed by atoms with Crippen LogP contribution in [0.15, 0.2) is 78.9 Å². The summed E-state index contributed by atoms with van der Waals surface area (Å²) in [6, 6.07) is 24.3. The Kier molecular flexibility index (Phi) is 9.72. The van der Waals surface area contributed by atoms with E-state index in [0.29, 0.717) is 31.0 Å². The molecule has 3 aromatic carbocycles. The Hall–Kier alpha value is -3.80. The number of ether oxygens (including phenoxy) is 2. The Labute approximate surface area is 207 Å². The molecule has 0 aliphatic rings. The molecule has 0 saturated heterocycles. The molecule has 0 aromatic heterocycles. The standard InChI is InChI=1S/C29H34N2O4/c1-4-18-30-29(33)25(19-23-10-6-5-7-11-23)31(20-24-16-14-22(2)15-17-24)28(32)21-35-27-13-9-8-12-26(27)34-3/h5-17,25H,4,18-21H2,1-3H3,(H,30,33)/t25-/m1/s1. The monoisotopic (exact) mass is 474 g/mol. The summed E-state index contributed by atoms with van der Waals surface area (Å²) >= 11 is 0. The van der Waals surface area contributed by atoms with Gasteiger partial charge in [-0.25, -0.2) is 0 Å². The first-order valence-electron chi connectivity index (χ1n) is 11.9. The second-order valence-electron chi connectivity index (χ2n) is 8.44. The molecule has 0 aliphatic carbocycles. The molecule has 3 rings (SSSR count). The molecule has 0 fully saturated rings. The van der Waals surface area contributed by atoms with Crippen molar-refractivity contribution in [2.45, 2.75) is 39.3 Å². The Bertz CT molecular complexity index is 1080. The molecular weight excluding hydrogens is 440 g/mol. The zero-order valence-electron chi connectivity index (χ0n) is 20.7. The highest BCUT2D eigenvalue weighted by molar-refractivity contribution is 5.88. The number of carbonyl (C=O) groups excluding carboxylic acids is 2. The minimum Gasteiger partial charge on any atom is -0.493 e. The van der Waals surface area contributed by atoms with Crippen LogP contribution in [0.5, 0.6) is 11.5 Å². The van der Waals surface area contributed by atoms with Gasteiger partial charge in [0.05, 0.1) is 7.11 Å². The highest BCUT2D eigenvalue weighted by Crippen LogP contribution is 2.26. The van der Waals surface area contributed by atoms with Gasteiger partial charge < -0.3 is 19.7 Å². The van der Waals surface area contributed by atoms with Crippen LogP contribution in [0.2, 0.25) is 0 Å². The Morgan fingerprint density at radius 3 is 2.20 bits per heavy atom. The maximum absolute atomic E-state index is 13.6. The molecule has 35 heavy (non-hydrogen) atoms. The summed E-state index contributed by atoms with van der Waals surface area (Å²) in [5.74, 6) is 0.582. The van der Waals surface area contributed by atoms with Crippen LogP contribution in [-0.4, -0.2) is 43.0 Å². The number of benzene rings is 3. The van der Waals surface area contributed by atoms with Crippen LogP contribution in [0, 0.1) is 6.92 Å². The topological polar surface area (TPSA) is 67.9 Å². The second-order valence-corrected chi connectivity index (χ2v) is 8.44. The lowest BCUT2D eigenvalue weighted by Crippen LogP contribution is -2.51. The van der Waals surface area contributed by atoms with Crippen LogP contribution in [0.4, 0.5) is 0 Å². The van der Waals surface area contributed by atoms with E-state index in [9.17, 15) is 9.59 Å². The van der Waals surface area contributed by atoms with E-state index in [1.54, 1.807) is 24.1 Å². The smallest absolute Gasteiger partial charge is 0.261 e. The first-order chi connectivity index (χ1) is 17.0. The third-order valence-corrected chi connectivity index (χ3v) is 5.71. The largest absolute Gasteiger partial charge is 0.493 e. The molecule has 6 nitrogen and oxygen atoms in total. The van der Waals surface area contributed by atoms with Crippen molar-refractivity contribution in [3.05, 3.63) is 95.6 Å². The van der Waals surface area contributed by atoms with Crippen molar-refractivity contribution < 1.29 is 19.1 Å². The average molecular weight is 475 g/mol. The fourth-order valence-corrected chi connectivity index (χ4v) is 3.77. The molecule has 0 spiro atoms. The molecule has 2 amide bonds. The second kappa shape index (κ2) is 13.2. The molecule has 3 aromatic rings. The van der Waals surface area contributed by atoms with E-state index in [0.717, 1.165) is 23.1 Å². The minimum atomic E-state index is -0.681. The molecule has 6 heteroatoms. The molecule has 1 atom stereocenters. The number of hydrogen-bond acceptors (Lipinski definition) is 4. The van der Waals surface area contributed by atoms with Gasteiger partial charge in [0.15, 0.2) is 18.1 Å². The van der Waals surface area contributed by atoms with E-state index < -0.39 is 6.04 Å². The molecular formula is C29H34N2O4. The molecule has 0 unspecified atom stereocenters. The van der Waals surface area contributed by atoms with Crippen LogP contribution < -0.4 is 14.8 Å². The molecule has 0 radical (unpaired) electrons. The van der Waals surface area contributed by atoms with E-state index in [1.807, 2.05) is 80.6 Å². The number of hydrogen-bond donors (Lipinski definition) is 1. The molecule has 184 valence electrons. The van der Waals surface area contributed by atoms with Crippen molar-refractivity contribution in [2.75, 3.05) is 20.3 Å². The highest BCUT2D eigenvalue weighted by Gasteiger charge is 2.30. The maximum atomic E-state index is 13.6. The average Bonchev–Trinajstić information content (AvgIpc) is 2.89. The number of methoxy groups -OCH3 is 1. The van der Waals surface area contributed by atoms with Crippen LogP contribution >= 0.6 is 0 Å². The first kappa shape index (κ1) is 25.8. The first-order valence-corrected chi connectivity index (χ1v) is 11.9. The Morgan fingerprint density at radius 2 is 1.54 bits per heavy atom. The lowest BCUT2D eigenvalue weighted by Gasteiger charge is -2.31. The summed E-state index contributed by atoms with van der Waals surface area (Å²) in [7, 11) is 1.56. The van der Waals surface area contributed by atoms with Crippen LogP contribution in [0.25, 0.3) is 0 Å². The number of carbonyl (C=O) groups is 2. The van der Waals surface area contributed by atoms with E-state index in [1.165, 1.54) is 0 Å². The summed E-state index contributed by atoms with van der Waals surface area (Å²) in [5.41, 5.74) is 3.06. The van der Waals surface area contributed by atoms with Crippen molar-refractivity contribution in [1.29, 1.82) is 0 Å². The number of amides is 2. The zero-order chi connectivity index (χ0) is 25.0. The summed E-state index contributed by atoms with van der Waals surface area (Å²) < 4.78 is 11.2. The SMILES string of the molecule is CCCNC(=O)[C@@H](Cc1ccccc1)N(Cc1ccc(C)cc1)C(=O)COc1ccccc1OC. The van der Waals surface area contributed by atoms with E-state index in [4.69, 9.17) is 9.47 Å². The normalized spacial score (nSPS) is 11.4. The predicted molar refractivity (Wildman–Crippen MR) is 137 cm³/mol. The quantitative estimate of drug-likeness (QED) is 0.418. The van der Waals surface area contributed by atoms with E-state index >= 15 is 0 Å². The summed E-state index contributed by atoms with van der Waals surface area (Å²) in [5, 5.41) is 2.98. The third-order valence-electron chi connectivity index (χ3n) is 5.71. The summed E-state index contributed by atoms with van der Waals surface area (Å²) in [4.78, 5) is 28.5. The maximum Gasteiger partial charge on any atom is 0.261 e. The van der Waals surface area contributed by atoms with Gasteiger partial charge in [-0.15, -0.1) is 0 Å². The summed E-state index contributed by atoms with van der Waals surface area (Å²) in [6.07, 6.45) is 1.22. The molecule has 0 bridgehead atoms. The summed E-state index contributed by atoms with van der Waals surface area (Å²) in [6.45, 7) is 4.66. The van der Waals surface area contributed by atoms with Gasteiger partial charge in [0.25, 0.3) is 5.91 Å². The van der Waals surface area contributed by atoms with Crippen molar-refractivity contribution in [3.63, 3.8) is 0 Å². The van der Waals surface area contributed by atoms with Crippen molar-refractivity contribution >= 4 is 11.8 Å². The van der Waals surface area contributed by atoms with Crippen LogP contribution in [-0.2, 0) is 22.6 Å². The minimum absolute atomic E-state index is 0.173. The Morgan fingerprint density at radius 1 is 0.886 bits per heavy atom. The van der Waals surface area contributed by atoms with Gasteiger partial charge in [-0.3, -0.25) is 9.59 Å². The zero-order valence-corrected chi connectivity index (χ0v) is 20.7. The van der Waals surface area contributed by atoms with Crippen molar-refractivity contribution in [2.24, 2.45) is 0 Å². The van der Waals surface area contributed by atoms with Crippen molar-refractivity contribution in [3.8, 4) is 11.5 Å². The van der Waals surface area contributed by atoms with E-state index in [2.05, 4.69) is 5.32 Å². The number of nitrogens with one attached hydrogen (secondary N) is 1. The number of para-hydroxylation sites is 2. The number of rotatable bonds is 12. The molecule has 1 N–H and O–H groups in total. The fourth-order valence-electron chi connectivity index (χ4n) is 3.77. The highest BCUT2D eigenvalue weighted by atomic mass is 16.5. The molecule has 0 aliphatic heterocycles. The van der Waals surface area contributed by atoms with Gasteiger partial charge in [-0.05, 0) is 36.6 Å². The fraction of sp³-hybridized carbons (Fsp3) is 0.310. The van der Waals surface area contributed by atoms with Gasteiger partial charge >= 0.3 is 0 Å². The van der Waals surface area contributed by atoms with Crippen molar-refractivity contribution in [1.82, 2.24) is 10.2 Å². The molecule has 0 heterocycles. The number of nitrogens with zero attached hydrogens (tertiary/aromatic N) is 1. The third kappa shape index (κ3) is 7.60. The van der Waals surface area contributed by atoms with Crippen LogP contribution in [0.3, 0.4) is 0 Å². The van der Waals surface area contributed by atoms with E-state index in [-0.39, 0.29) is 18.4 Å². The lowest BCUT2D eigenvalue weighted by molar-refractivity contribution is -0.142. The van der Waals surface area contributed by atoms with Gasteiger partial charge in [-0.2, -0.15) is 0 Å². The van der Waals surface area contributed by atoms with Gasteiger partial charge in [0.1, 0.15) is 6.04 Å². The Balaban J connectivity index is 1.89. The van der Waals surface area contributed by atoms with Crippen LogP contribution in [0.1, 0.15) is 30.0 Å². The van der Waals surface area contributed by atoms with Gasteiger partial charge in [0.2, 0.25) is 5.91 Å².